The van der Waals surface area contributed by atoms with Crippen molar-refractivity contribution < 1.29 is 4.79 Å². The number of rotatable bonds is 6. The van der Waals surface area contributed by atoms with Crippen molar-refractivity contribution in [1.29, 1.82) is 0 Å². The van der Waals surface area contributed by atoms with Crippen molar-refractivity contribution >= 4 is 17.7 Å². The van der Waals surface area contributed by atoms with Crippen molar-refractivity contribution in [2.45, 2.75) is 31.5 Å². The van der Waals surface area contributed by atoms with E-state index in [9.17, 15) is 9.59 Å². The van der Waals surface area contributed by atoms with Crippen LogP contribution in [0.1, 0.15) is 30.6 Å². The Bertz CT molecular complexity index is 687. The van der Waals surface area contributed by atoms with E-state index >= 15 is 0 Å². The Labute approximate surface area is 132 Å². The highest BCUT2D eigenvalue weighted by Gasteiger charge is 2.13. The first-order chi connectivity index (χ1) is 10.6. The summed E-state index contributed by atoms with van der Waals surface area (Å²) in [7, 11) is 0. The van der Waals surface area contributed by atoms with Gasteiger partial charge in [-0.15, -0.1) is 0 Å². The van der Waals surface area contributed by atoms with Gasteiger partial charge in [-0.3, -0.25) is 14.6 Å². The highest BCUT2D eigenvalue weighted by Crippen LogP contribution is 2.16. The van der Waals surface area contributed by atoms with Gasteiger partial charge in [-0.2, -0.15) is 0 Å². The van der Waals surface area contributed by atoms with Crippen LogP contribution in [0.5, 0.6) is 0 Å². The molecule has 2 N–H and O–H groups in total. The van der Waals surface area contributed by atoms with E-state index in [0.717, 1.165) is 12.0 Å². The van der Waals surface area contributed by atoms with Crippen LogP contribution in [0.3, 0.4) is 0 Å². The Morgan fingerprint density at radius 2 is 2.14 bits per heavy atom. The molecule has 0 spiro atoms. The van der Waals surface area contributed by atoms with Gasteiger partial charge >= 0.3 is 0 Å². The molecule has 7 heteroatoms. The Morgan fingerprint density at radius 3 is 2.77 bits per heavy atom. The molecule has 116 valence electrons. The van der Waals surface area contributed by atoms with E-state index in [1.165, 1.54) is 17.8 Å². The number of pyridine rings is 1. The number of aromatic amines is 1. The van der Waals surface area contributed by atoms with Gasteiger partial charge in [0.1, 0.15) is 0 Å². The van der Waals surface area contributed by atoms with Gasteiger partial charge < -0.3 is 10.3 Å². The van der Waals surface area contributed by atoms with E-state index in [-0.39, 0.29) is 23.3 Å². The quantitative estimate of drug-likeness (QED) is 0.627. The van der Waals surface area contributed by atoms with Crippen molar-refractivity contribution in [2.24, 2.45) is 0 Å². The highest BCUT2D eigenvalue weighted by molar-refractivity contribution is 7.99. The first-order valence-electron chi connectivity index (χ1n) is 6.98. The lowest BCUT2D eigenvalue weighted by molar-refractivity contribution is -0.119. The number of nitrogens with zero attached hydrogens (tertiary/aromatic N) is 2. The number of carbonyl (C=O) groups is 1. The number of nitrogens with one attached hydrogen (secondary N) is 2. The fourth-order valence-corrected chi connectivity index (χ4v) is 2.74. The smallest absolute Gasteiger partial charge is 0.251 e. The number of aryl methyl sites for hydroxylation is 1. The second kappa shape index (κ2) is 7.74. The summed E-state index contributed by atoms with van der Waals surface area (Å²) in [4.78, 5) is 34.2. The molecule has 0 aliphatic carbocycles. The molecule has 1 atom stereocenters. The van der Waals surface area contributed by atoms with Crippen LogP contribution < -0.4 is 10.9 Å². The van der Waals surface area contributed by atoms with E-state index in [2.05, 4.69) is 20.3 Å². The van der Waals surface area contributed by atoms with E-state index in [4.69, 9.17) is 0 Å². The SMILES string of the molecule is CCC(NC(=O)CSc1nc(C)cc(=O)[nH]1)c1ccncc1. The van der Waals surface area contributed by atoms with Crippen LogP contribution in [-0.4, -0.2) is 26.6 Å². The van der Waals surface area contributed by atoms with E-state index in [1.54, 1.807) is 19.3 Å². The molecule has 0 radical (unpaired) electrons. The third-order valence-corrected chi connectivity index (χ3v) is 3.91. The number of hydrogen-bond acceptors (Lipinski definition) is 5. The zero-order valence-corrected chi connectivity index (χ0v) is 13.3. The Balaban J connectivity index is 1.93. The molecule has 0 bridgehead atoms. The van der Waals surface area contributed by atoms with Gasteiger partial charge in [0.05, 0.1) is 11.8 Å². The summed E-state index contributed by atoms with van der Waals surface area (Å²) in [6.45, 7) is 3.76. The number of carbonyl (C=O) groups excluding carboxylic acids is 1. The lowest BCUT2D eigenvalue weighted by Gasteiger charge is -2.17. The highest BCUT2D eigenvalue weighted by atomic mass is 32.2. The molecule has 2 rings (SSSR count). The first-order valence-corrected chi connectivity index (χ1v) is 7.97. The average molecular weight is 318 g/mol. The third-order valence-electron chi connectivity index (χ3n) is 3.04. The van der Waals surface area contributed by atoms with Crippen LogP contribution in [0, 0.1) is 6.92 Å². The van der Waals surface area contributed by atoms with E-state index < -0.39 is 0 Å². The molecule has 1 unspecified atom stereocenters. The summed E-state index contributed by atoms with van der Waals surface area (Å²) in [5.41, 5.74) is 1.45. The monoisotopic (exact) mass is 318 g/mol. The van der Waals surface area contributed by atoms with Gasteiger partial charge in [0.25, 0.3) is 5.56 Å². The molecule has 0 saturated heterocycles. The fourth-order valence-electron chi connectivity index (χ4n) is 2.01. The van der Waals surface area contributed by atoms with Gasteiger partial charge in [0.15, 0.2) is 5.16 Å². The predicted octanol–water partition coefficient (Wildman–Crippen LogP) is 1.83. The predicted molar refractivity (Wildman–Crippen MR) is 85.7 cm³/mol. The molecule has 0 aromatic carbocycles. The van der Waals surface area contributed by atoms with Crippen molar-refractivity contribution in [2.75, 3.05) is 5.75 Å². The van der Waals surface area contributed by atoms with Gasteiger partial charge in [-0.05, 0) is 31.0 Å². The summed E-state index contributed by atoms with van der Waals surface area (Å²) < 4.78 is 0. The van der Waals surface area contributed by atoms with Gasteiger partial charge in [-0.25, -0.2) is 4.98 Å². The zero-order chi connectivity index (χ0) is 15.9. The summed E-state index contributed by atoms with van der Waals surface area (Å²) in [6, 6.07) is 5.16. The molecular weight excluding hydrogens is 300 g/mol. The van der Waals surface area contributed by atoms with Crippen LogP contribution in [-0.2, 0) is 4.79 Å². The molecule has 2 aromatic rings. The molecule has 0 aliphatic rings. The minimum atomic E-state index is -0.210. The number of hydrogen-bond donors (Lipinski definition) is 2. The van der Waals surface area contributed by atoms with Crippen LogP contribution in [0.2, 0.25) is 0 Å². The fraction of sp³-hybridized carbons (Fsp3) is 0.333. The first kappa shape index (κ1) is 16.2. The largest absolute Gasteiger partial charge is 0.349 e. The molecular formula is C15H18N4O2S. The van der Waals surface area contributed by atoms with Gasteiger partial charge in [0.2, 0.25) is 5.91 Å². The Kier molecular flexibility index (Phi) is 5.71. The summed E-state index contributed by atoms with van der Waals surface area (Å²) in [5, 5.41) is 3.43. The maximum Gasteiger partial charge on any atom is 0.251 e. The number of aromatic nitrogens is 3. The normalized spacial score (nSPS) is 11.9. The summed E-state index contributed by atoms with van der Waals surface area (Å²) in [5.74, 6) is 0.103. The molecule has 0 aliphatic heterocycles. The summed E-state index contributed by atoms with van der Waals surface area (Å²) in [6.07, 6.45) is 4.21. The van der Waals surface area contributed by atoms with Crippen LogP contribution >= 0.6 is 11.8 Å². The van der Waals surface area contributed by atoms with Crippen molar-refractivity contribution in [3.8, 4) is 0 Å². The second-order valence-corrected chi connectivity index (χ2v) is 5.75. The van der Waals surface area contributed by atoms with E-state index in [1.807, 2.05) is 19.1 Å². The summed E-state index contributed by atoms with van der Waals surface area (Å²) >= 11 is 1.21. The van der Waals surface area contributed by atoms with Crippen LogP contribution in [0.25, 0.3) is 0 Å². The average Bonchev–Trinajstić information content (AvgIpc) is 2.50. The maximum absolute atomic E-state index is 12.1. The molecule has 0 fully saturated rings. The Hall–Kier alpha value is -2.15. The zero-order valence-electron chi connectivity index (χ0n) is 12.5. The number of amides is 1. The molecule has 6 nitrogen and oxygen atoms in total. The third kappa shape index (κ3) is 4.70. The van der Waals surface area contributed by atoms with Crippen LogP contribution in [0.4, 0.5) is 0 Å². The minimum absolute atomic E-state index is 0.0411. The van der Waals surface area contributed by atoms with E-state index in [0.29, 0.717) is 10.9 Å². The Morgan fingerprint density at radius 1 is 1.41 bits per heavy atom. The number of thioether (sulfide) groups is 1. The lowest BCUT2D eigenvalue weighted by Crippen LogP contribution is -2.29. The molecule has 0 saturated carbocycles. The second-order valence-electron chi connectivity index (χ2n) is 4.79. The van der Waals surface area contributed by atoms with Crippen molar-refractivity contribution in [3.05, 3.63) is 52.2 Å². The minimum Gasteiger partial charge on any atom is -0.349 e. The molecule has 2 aromatic heterocycles. The van der Waals surface area contributed by atoms with Crippen molar-refractivity contribution in [1.82, 2.24) is 20.3 Å². The molecule has 1 amide bonds. The molecule has 2 heterocycles. The maximum atomic E-state index is 12.1. The van der Waals surface area contributed by atoms with Gasteiger partial charge in [-0.1, -0.05) is 18.7 Å². The van der Waals surface area contributed by atoms with Crippen molar-refractivity contribution in [3.63, 3.8) is 0 Å². The van der Waals surface area contributed by atoms with Crippen LogP contribution in [0.15, 0.2) is 40.5 Å². The van der Waals surface area contributed by atoms with Gasteiger partial charge in [0, 0.05) is 24.2 Å². The molecule has 22 heavy (non-hydrogen) atoms. The lowest BCUT2D eigenvalue weighted by atomic mass is 10.1. The standard InChI is InChI=1S/C15H18N4O2S/c1-3-12(11-4-6-16-7-5-11)18-14(21)9-22-15-17-10(2)8-13(20)19-15/h4-8,12H,3,9H2,1-2H3,(H,18,21)(H,17,19,20). The topological polar surface area (TPSA) is 87.7 Å². The number of H-pyrrole nitrogens is 1.